The van der Waals surface area contributed by atoms with Crippen molar-refractivity contribution in [1.29, 1.82) is 0 Å². The van der Waals surface area contributed by atoms with Gasteiger partial charge in [0.25, 0.3) is 0 Å². The third-order valence-electron chi connectivity index (χ3n) is 4.42. The second-order valence-electron chi connectivity index (χ2n) is 6.17. The van der Waals surface area contributed by atoms with Crippen molar-refractivity contribution >= 4 is 11.6 Å². The molecule has 2 aromatic carbocycles. The van der Waals surface area contributed by atoms with Gasteiger partial charge in [0.2, 0.25) is 0 Å². The van der Waals surface area contributed by atoms with Crippen LogP contribution in [0.25, 0.3) is 28.0 Å². The van der Waals surface area contributed by atoms with Gasteiger partial charge in [-0.15, -0.1) is 0 Å². The standard InChI is InChI=1S/C22H19N3O2/c1-3-27-22(26)18-14-23-21-19(16-10-6-4-7-11-16)15(2)24-25(21)20(18)17-12-8-5-9-13-17/h4-14H,3H2,1-2H3. The molecule has 0 saturated heterocycles. The summed E-state index contributed by atoms with van der Waals surface area (Å²) in [7, 11) is 0. The fraction of sp³-hybridized carbons (Fsp3) is 0.136. The van der Waals surface area contributed by atoms with Crippen LogP contribution < -0.4 is 0 Å². The van der Waals surface area contributed by atoms with Crippen molar-refractivity contribution in [2.45, 2.75) is 13.8 Å². The number of carbonyl (C=O) groups excluding carboxylic acids is 1. The second kappa shape index (κ2) is 7.03. The molecule has 0 atom stereocenters. The molecule has 2 heterocycles. The zero-order chi connectivity index (χ0) is 18.8. The van der Waals surface area contributed by atoms with E-state index in [1.54, 1.807) is 17.6 Å². The SMILES string of the molecule is CCOC(=O)c1cnc2c(-c3ccccc3)c(C)nn2c1-c1ccccc1. The van der Waals surface area contributed by atoms with E-state index >= 15 is 0 Å². The maximum absolute atomic E-state index is 12.5. The lowest BCUT2D eigenvalue weighted by molar-refractivity contribution is 0.0526. The van der Waals surface area contributed by atoms with Crippen LogP contribution in [0.15, 0.2) is 66.9 Å². The third kappa shape index (κ3) is 2.97. The van der Waals surface area contributed by atoms with Gasteiger partial charge in [0, 0.05) is 17.3 Å². The normalized spacial score (nSPS) is 10.9. The molecule has 5 heteroatoms. The summed E-state index contributed by atoms with van der Waals surface area (Å²) < 4.78 is 6.99. The molecule has 0 aliphatic heterocycles. The highest BCUT2D eigenvalue weighted by atomic mass is 16.5. The van der Waals surface area contributed by atoms with E-state index in [0.29, 0.717) is 23.5 Å². The summed E-state index contributed by atoms with van der Waals surface area (Å²) >= 11 is 0. The molecular formula is C22H19N3O2. The van der Waals surface area contributed by atoms with E-state index in [0.717, 1.165) is 22.4 Å². The summed E-state index contributed by atoms with van der Waals surface area (Å²) in [5, 5.41) is 4.72. The van der Waals surface area contributed by atoms with E-state index in [-0.39, 0.29) is 0 Å². The molecule has 4 rings (SSSR count). The molecule has 4 aromatic rings. The van der Waals surface area contributed by atoms with E-state index in [4.69, 9.17) is 9.84 Å². The Bertz CT molecular complexity index is 1100. The van der Waals surface area contributed by atoms with Crippen molar-refractivity contribution in [3.8, 4) is 22.4 Å². The van der Waals surface area contributed by atoms with Crippen LogP contribution in [0.3, 0.4) is 0 Å². The molecule has 0 saturated carbocycles. The maximum atomic E-state index is 12.5. The molecule has 0 spiro atoms. The lowest BCUT2D eigenvalue weighted by atomic mass is 10.1. The van der Waals surface area contributed by atoms with Gasteiger partial charge < -0.3 is 4.74 Å². The summed E-state index contributed by atoms with van der Waals surface area (Å²) in [6.07, 6.45) is 1.59. The van der Waals surface area contributed by atoms with Gasteiger partial charge >= 0.3 is 5.97 Å². The number of hydrogen-bond acceptors (Lipinski definition) is 4. The number of ether oxygens (including phenoxy) is 1. The average Bonchev–Trinajstić information content (AvgIpc) is 3.04. The van der Waals surface area contributed by atoms with Crippen LogP contribution in [0.1, 0.15) is 23.0 Å². The first-order chi connectivity index (χ1) is 13.2. The fourth-order valence-electron chi connectivity index (χ4n) is 3.27. The monoisotopic (exact) mass is 357 g/mol. The number of benzene rings is 2. The van der Waals surface area contributed by atoms with Gasteiger partial charge in [0.15, 0.2) is 5.65 Å². The van der Waals surface area contributed by atoms with Gasteiger partial charge in [-0.05, 0) is 19.4 Å². The molecule has 0 aliphatic rings. The molecule has 2 aromatic heterocycles. The Labute approximate surface area is 157 Å². The highest BCUT2D eigenvalue weighted by molar-refractivity contribution is 5.97. The van der Waals surface area contributed by atoms with Crippen LogP contribution in [0.5, 0.6) is 0 Å². The number of nitrogens with zero attached hydrogens (tertiary/aromatic N) is 3. The van der Waals surface area contributed by atoms with Crippen LogP contribution >= 0.6 is 0 Å². The summed E-state index contributed by atoms with van der Waals surface area (Å²) in [5.74, 6) is -0.403. The predicted molar refractivity (Wildman–Crippen MR) is 105 cm³/mol. The number of hydrogen-bond donors (Lipinski definition) is 0. The maximum Gasteiger partial charge on any atom is 0.341 e. The van der Waals surface area contributed by atoms with Crippen molar-refractivity contribution in [2.24, 2.45) is 0 Å². The Morgan fingerprint density at radius 3 is 2.26 bits per heavy atom. The van der Waals surface area contributed by atoms with Gasteiger partial charge in [-0.2, -0.15) is 5.10 Å². The first kappa shape index (κ1) is 17.0. The van der Waals surface area contributed by atoms with E-state index in [2.05, 4.69) is 4.98 Å². The molecular weight excluding hydrogens is 338 g/mol. The highest BCUT2D eigenvalue weighted by Gasteiger charge is 2.22. The van der Waals surface area contributed by atoms with Crippen LogP contribution in [-0.4, -0.2) is 27.2 Å². The Kier molecular flexibility index (Phi) is 4.42. The van der Waals surface area contributed by atoms with Crippen LogP contribution in [0.4, 0.5) is 0 Å². The number of aromatic nitrogens is 3. The van der Waals surface area contributed by atoms with E-state index in [1.807, 2.05) is 67.6 Å². The molecule has 5 nitrogen and oxygen atoms in total. The quantitative estimate of drug-likeness (QED) is 0.503. The number of aryl methyl sites for hydroxylation is 1. The van der Waals surface area contributed by atoms with Crippen LogP contribution in [-0.2, 0) is 4.74 Å². The zero-order valence-electron chi connectivity index (χ0n) is 15.2. The molecule has 0 fully saturated rings. The third-order valence-corrected chi connectivity index (χ3v) is 4.42. The summed E-state index contributed by atoms with van der Waals surface area (Å²) in [6.45, 7) is 4.05. The Morgan fingerprint density at radius 2 is 1.63 bits per heavy atom. The van der Waals surface area contributed by atoms with Crippen molar-refractivity contribution in [1.82, 2.24) is 14.6 Å². The molecule has 0 bridgehead atoms. The van der Waals surface area contributed by atoms with Crippen molar-refractivity contribution < 1.29 is 9.53 Å². The van der Waals surface area contributed by atoms with Gasteiger partial charge in [-0.3, -0.25) is 0 Å². The van der Waals surface area contributed by atoms with Crippen LogP contribution in [0.2, 0.25) is 0 Å². The van der Waals surface area contributed by atoms with Crippen LogP contribution in [0, 0.1) is 6.92 Å². The van der Waals surface area contributed by atoms with Crippen molar-refractivity contribution in [3.05, 3.63) is 78.1 Å². The van der Waals surface area contributed by atoms with Crippen molar-refractivity contribution in [3.63, 3.8) is 0 Å². The average molecular weight is 357 g/mol. The minimum absolute atomic E-state index is 0.304. The Balaban J connectivity index is 2.04. The zero-order valence-corrected chi connectivity index (χ0v) is 15.2. The van der Waals surface area contributed by atoms with Gasteiger partial charge in [0.1, 0.15) is 5.56 Å². The molecule has 0 amide bonds. The molecule has 27 heavy (non-hydrogen) atoms. The summed E-state index contributed by atoms with van der Waals surface area (Å²) in [4.78, 5) is 17.1. The molecule has 0 N–H and O–H groups in total. The predicted octanol–water partition coefficient (Wildman–Crippen LogP) is 4.55. The van der Waals surface area contributed by atoms with Gasteiger partial charge in [0.05, 0.1) is 18.0 Å². The van der Waals surface area contributed by atoms with E-state index in [1.165, 1.54) is 0 Å². The minimum Gasteiger partial charge on any atom is -0.462 e. The molecule has 0 radical (unpaired) electrons. The Hall–Kier alpha value is -3.47. The summed E-state index contributed by atoms with van der Waals surface area (Å²) in [5.41, 5.74) is 5.54. The number of fused-ring (bicyclic) bond motifs is 1. The van der Waals surface area contributed by atoms with E-state index < -0.39 is 5.97 Å². The highest BCUT2D eigenvalue weighted by Crippen LogP contribution is 2.31. The van der Waals surface area contributed by atoms with E-state index in [9.17, 15) is 4.79 Å². The second-order valence-corrected chi connectivity index (χ2v) is 6.17. The number of rotatable bonds is 4. The summed E-state index contributed by atoms with van der Waals surface area (Å²) in [6, 6.07) is 19.7. The van der Waals surface area contributed by atoms with Gasteiger partial charge in [-0.1, -0.05) is 60.7 Å². The topological polar surface area (TPSA) is 56.5 Å². The smallest absolute Gasteiger partial charge is 0.341 e. The molecule has 0 unspecified atom stereocenters. The minimum atomic E-state index is -0.403. The Morgan fingerprint density at radius 1 is 1.00 bits per heavy atom. The van der Waals surface area contributed by atoms with Gasteiger partial charge in [-0.25, -0.2) is 14.3 Å². The number of carbonyl (C=O) groups is 1. The fourth-order valence-corrected chi connectivity index (χ4v) is 3.27. The lowest BCUT2D eigenvalue weighted by Crippen LogP contribution is -2.11. The largest absolute Gasteiger partial charge is 0.462 e. The number of esters is 1. The first-order valence-electron chi connectivity index (χ1n) is 8.87. The van der Waals surface area contributed by atoms with Crippen molar-refractivity contribution in [2.75, 3.05) is 6.61 Å². The lowest BCUT2D eigenvalue weighted by Gasteiger charge is -2.11. The molecule has 134 valence electrons. The first-order valence-corrected chi connectivity index (χ1v) is 8.87. The molecule has 0 aliphatic carbocycles.